The van der Waals surface area contributed by atoms with Gasteiger partial charge in [-0.25, -0.2) is 0 Å². The quantitative estimate of drug-likeness (QED) is 0.734. The Bertz CT molecular complexity index is 711. The minimum atomic E-state index is -0.357. The second-order valence-corrected chi connectivity index (χ2v) is 6.79. The van der Waals surface area contributed by atoms with Crippen LogP contribution >= 0.6 is 15.9 Å². The van der Waals surface area contributed by atoms with Crippen molar-refractivity contribution in [2.45, 2.75) is 18.3 Å². The van der Waals surface area contributed by atoms with Gasteiger partial charge in [0.25, 0.3) is 0 Å². The van der Waals surface area contributed by atoms with Gasteiger partial charge < -0.3 is 14.8 Å². The van der Waals surface area contributed by atoms with Crippen LogP contribution in [-0.4, -0.2) is 26.2 Å². The Balaban J connectivity index is 1.49. The highest BCUT2D eigenvalue weighted by molar-refractivity contribution is 9.10. The van der Waals surface area contributed by atoms with E-state index in [0.717, 1.165) is 34.4 Å². The first-order valence-electron chi connectivity index (χ1n) is 7.95. The summed E-state index contributed by atoms with van der Waals surface area (Å²) in [5, 5.41) is 2.99. The van der Waals surface area contributed by atoms with Crippen molar-refractivity contribution in [1.29, 1.82) is 0 Å². The molecule has 0 aliphatic heterocycles. The van der Waals surface area contributed by atoms with E-state index in [4.69, 9.17) is 9.47 Å². The molecule has 2 aromatic rings. The number of carbonyl (C=O) groups excluding carboxylic acids is 1. The number of methoxy groups -OCH3 is 1. The van der Waals surface area contributed by atoms with E-state index in [1.54, 1.807) is 7.11 Å². The van der Waals surface area contributed by atoms with E-state index >= 15 is 0 Å². The molecule has 1 aliphatic rings. The zero-order valence-corrected chi connectivity index (χ0v) is 15.1. The molecular formula is C19H20BrNO3. The number of halogens is 1. The minimum Gasteiger partial charge on any atom is -0.497 e. The summed E-state index contributed by atoms with van der Waals surface area (Å²) in [5.74, 6) is 1.64. The molecule has 0 spiro atoms. The number of carbonyl (C=O) groups is 1. The molecule has 1 aliphatic carbocycles. The molecule has 0 aromatic heterocycles. The fraction of sp³-hybridized carbons (Fsp3) is 0.316. The number of amides is 1. The van der Waals surface area contributed by atoms with Crippen molar-refractivity contribution in [3.05, 3.63) is 58.6 Å². The predicted molar refractivity (Wildman–Crippen MR) is 96.6 cm³/mol. The third kappa shape index (κ3) is 3.73. The molecule has 1 N–H and O–H groups in total. The lowest BCUT2D eigenvalue weighted by molar-refractivity contribution is -0.123. The van der Waals surface area contributed by atoms with Gasteiger partial charge in [-0.2, -0.15) is 0 Å². The molecule has 0 heterocycles. The van der Waals surface area contributed by atoms with Crippen LogP contribution in [0.1, 0.15) is 18.4 Å². The Morgan fingerprint density at radius 1 is 1.17 bits per heavy atom. The highest BCUT2D eigenvalue weighted by Crippen LogP contribution is 2.48. The van der Waals surface area contributed by atoms with Gasteiger partial charge in [-0.15, -0.1) is 0 Å². The van der Waals surface area contributed by atoms with Gasteiger partial charge in [-0.3, -0.25) is 4.79 Å². The third-order valence-electron chi connectivity index (χ3n) is 4.28. The van der Waals surface area contributed by atoms with Gasteiger partial charge >= 0.3 is 0 Å². The van der Waals surface area contributed by atoms with Gasteiger partial charge in [0.2, 0.25) is 5.91 Å². The predicted octanol–water partition coefficient (Wildman–Crippen LogP) is 3.68. The smallest absolute Gasteiger partial charge is 0.230 e. The average molecular weight is 390 g/mol. The zero-order valence-electron chi connectivity index (χ0n) is 13.5. The minimum absolute atomic E-state index is 0.0823. The Labute approximate surface area is 150 Å². The van der Waals surface area contributed by atoms with E-state index < -0.39 is 0 Å². The van der Waals surface area contributed by atoms with Crippen LogP contribution in [0.5, 0.6) is 11.5 Å². The van der Waals surface area contributed by atoms with Crippen LogP contribution in [-0.2, 0) is 10.2 Å². The van der Waals surface area contributed by atoms with E-state index in [1.807, 2.05) is 48.5 Å². The fourth-order valence-electron chi connectivity index (χ4n) is 2.73. The second kappa shape index (κ2) is 7.26. The first kappa shape index (κ1) is 16.8. The second-order valence-electron chi connectivity index (χ2n) is 5.87. The molecule has 0 bridgehead atoms. The molecule has 0 unspecified atom stereocenters. The maximum atomic E-state index is 12.5. The van der Waals surface area contributed by atoms with E-state index in [1.165, 1.54) is 0 Å². The Morgan fingerprint density at radius 3 is 2.50 bits per heavy atom. The highest BCUT2D eigenvalue weighted by atomic mass is 79.9. The van der Waals surface area contributed by atoms with Crippen molar-refractivity contribution >= 4 is 21.8 Å². The Morgan fingerprint density at radius 2 is 1.88 bits per heavy atom. The summed E-state index contributed by atoms with van der Waals surface area (Å²) >= 11 is 3.47. The average Bonchev–Trinajstić information content (AvgIpc) is 3.41. The molecule has 4 nitrogen and oxygen atoms in total. The van der Waals surface area contributed by atoms with Crippen molar-refractivity contribution in [2.24, 2.45) is 0 Å². The largest absolute Gasteiger partial charge is 0.497 e. The molecule has 2 aromatic carbocycles. The lowest BCUT2D eigenvalue weighted by Gasteiger charge is -2.16. The Kier molecular flexibility index (Phi) is 5.09. The van der Waals surface area contributed by atoms with Gasteiger partial charge in [0.15, 0.2) is 0 Å². The number of rotatable bonds is 7. The first-order valence-corrected chi connectivity index (χ1v) is 8.74. The first-order chi connectivity index (χ1) is 11.6. The van der Waals surface area contributed by atoms with Crippen LogP contribution in [0.4, 0.5) is 0 Å². The summed E-state index contributed by atoms with van der Waals surface area (Å²) in [6.07, 6.45) is 1.79. The van der Waals surface area contributed by atoms with Crippen LogP contribution in [0.2, 0.25) is 0 Å². The summed E-state index contributed by atoms with van der Waals surface area (Å²) in [6.45, 7) is 0.924. The molecule has 3 rings (SSSR count). The standard InChI is InChI=1S/C19H20BrNO3/c1-23-16-5-7-17(8-6-16)24-12-11-21-18(22)19(9-10-19)14-3-2-4-15(20)13-14/h2-8,13H,9-12H2,1H3,(H,21,22). The topological polar surface area (TPSA) is 47.6 Å². The normalized spacial score (nSPS) is 14.8. The molecule has 126 valence electrons. The highest BCUT2D eigenvalue weighted by Gasteiger charge is 2.51. The van der Waals surface area contributed by atoms with E-state index in [9.17, 15) is 4.79 Å². The Hall–Kier alpha value is -2.01. The monoisotopic (exact) mass is 389 g/mol. The van der Waals surface area contributed by atoms with Gasteiger partial charge in [0, 0.05) is 4.47 Å². The van der Waals surface area contributed by atoms with E-state index in [-0.39, 0.29) is 11.3 Å². The molecular weight excluding hydrogens is 370 g/mol. The van der Waals surface area contributed by atoms with E-state index in [0.29, 0.717) is 13.2 Å². The molecule has 1 fully saturated rings. The lowest BCUT2D eigenvalue weighted by Crippen LogP contribution is -2.37. The number of hydrogen-bond acceptors (Lipinski definition) is 3. The van der Waals surface area contributed by atoms with Crippen molar-refractivity contribution in [1.82, 2.24) is 5.32 Å². The number of nitrogens with one attached hydrogen (secondary N) is 1. The maximum absolute atomic E-state index is 12.5. The fourth-order valence-corrected chi connectivity index (χ4v) is 3.13. The van der Waals surface area contributed by atoms with Gasteiger partial charge in [0.05, 0.1) is 19.1 Å². The summed E-state index contributed by atoms with van der Waals surface area (Å²) in [4.78, 5) is 12.5. The number of benzene rings is 2. The molecule has 0 radical (unpaired) electrons. The summed E-state index contributed by atoms with van der Waals surface area (Å²) < 4.78 is 11.7. The van der Waals surface area contributed by atoms with Crippen molar-refractivity contribution in [3.63, 3.8) is 0 Å². The molecule has 5 heteroatoms. The summed E-state index contributed by atoms with van der Waals surface area (Å²) in [5.41, 5.74) is 0.717. The van der Waals surface area contributed by atoms with Crippen molar-refractivity contribution in [2.75, 3.05) is 20.3 Å². The molecule has 0 atom stereocenters. The number of ether oxygens (including phenoxy) is 2. The van der Waals surface area contributed by atoms with Crippen LogP contribution in [0.3, 0.4) is 0 Å². The van der Waals surface area contributed by atoms with Crippen LogP contribution in [0.15, 0.2) is 53.0 Å². The van der Waals surface area contributed by atoms with Crippen LogP contribution < -0.4 is 14.8 Å². The molecule has 0 saturated heterocycles. The molecule has 1 amide bonds. The van der Waals surface area contributed by atoms with Crippen LogP contribution in [0, 0.1) is 0 Å². The molecule has 24 heavy (non-hydrogen) atoms. The summed E-state index contributed by atoms with van der Waals surface area (Å²) in [6, 6.07) is 15.4. The maximum Gasteiger partial charge on any atom is 0.230 e. The molecule has 1 saturated carbocycles. The van der Waals surface area contributed by atoms with E-state index in [2.05, 4.69) is 21.2 Å². The van der Waals surface area contributed by atoms with Crippen molar-refractivity contribution < 1.29 is 14.3 Å². The van der Waals surface area contributed by atoms with Gasteiger partial charge in [0.1, 0.15) is 18.1 Å². The third-order valence-corrected chi connectivity index (χ3v) is 4.77. The van der Waals surface area contributed by atoms with Gasteiger partial charge in [-0.05, 0) is 54.8 Å². The van der Waals surface area contributed by atoms with Gasteiger partial charge in [-0.1, -0.05) is 28.1 Å². The number of hydrogen-bond donors (Lipinski definition) is 1. The SMILES string of the molecule is COc1ccc(OCCNC(=O)C2(c3cccc(Br)c3)CC2)cc1. The lowest BCUT2D eigenvalue weighted by atomic mass is 9.95. The van der Waals surface area contributed by atoms with Crippen LogP contribution in [0.25, 0.3) is 0 Å². The van der Waals surface area contributed by atoms with Crippen molar-refractivity contribution in [3.8, 4) is 11.5 Å². The summed E-state index contributed by atoms with van der Waals surface area (Å²) in [7, 11) is 1.63. The zero-order chi connectivity index (χ0) is 17.0.